The van der Waals surface area contributed by atoms with Gasteiger partial charge in [0, 0.05) is 19.1 Å². The van der Waals surface area contributed by atoms with E-state index in [2.05, 4.69) is 34.2 Å². The van der Waals surface area contributed by atoms with E-state index in [-0.39, 0.29) is 34.7 Å². The number of nitrogens with one attached hydrogen (secondary N) is 3. The number of aliphatic imine (C=N–C) groups is 1. The third-order valence-corrected chi connectivity index (χ3v) is 6.01. The van der Waals surface area contributed by atoms with Gasteiger partial charge in [0.25, 0.3) is 0 Å². The van der Waals surface area contributed by atoms with Crippen molar-refractivity contribution in [1.82, 2.24) is 15.4 Å². The molecule has 0 aromatic carbocycles. The molecule has 0 aliphatic heterocycles. The van der Waals surface area contributed by atoms with Crippen LogP contribution in [0.2, 0.25) is 4.34 Å². The molecule has 0 bridgehead atoms. The van der Waals surface area contributed by atoms with Crippen molar-refractivity contribution in [3.63, 3.8) is 0 Å². The van der Waals surface area contributed by atoms with E-state index in [1.807, 2.05) is 6.92 Å². The van der Waals surface area contributed by atoms with Crippen LogP contribution in [0.3, 0.4) is 0 Å². The first-order valence-electron chi connectivity index (χ1n) is 7.18. The number of thiophene rings is 1. The molecule has 134 valence electrons. The Bertz CT molecular complexity index is 593. The Morgan fingerprint density at radius 2 is 2.09 bits per heavy atom. The molecular weight excluding hydrogens is 471 g/mol. The predicted octanol–water partition coefficient (Wildman–Crippen LogP) is 2.65. The van der Waals surface area contributed by atoms with E-state index in [0.717, 1.165) is 24.3 Å². The molecule has 0 aliphatic rings. The molecule has 23 heavy (non-hydrogen) atoms. The molecule has 0 saturated heterocycles. The highest BCUT2D eigenvalue weighted by molar-refractivity contribution is 14.0. The zero-order chi connectivity index (χ0) is 16.6. The Labute approximate surface area is 164 Å². The molecule has 0 spiro atoms. The quantitative estimate of drug-likeness (QED) is 0.225. The summed E-state index contributed by atoms with van der Waals surface area (Å²) in [6, 6.07) is 3.37. The first-order valence-corrected chi connectivity index (χ1v) is 9.86. The number of halogens is 2. The Hall–Kier alpha value is -0.100. The molecule has 0 saturated carbocycles. The fourth-order valence-electron chi connectivity index (χ4n) is 1.52. The summed E-state index contributed by atoms with van der Waals surface area (Å²) < 4.78 is 27.2. The Morgan fingerprint density at radius 1 is 1.39 bits per heavy atom. The zero-order valence-corrected chi connectivity index (χ0v) is 18.1. The van der Waals surface area contributed by atoms with Crippen LogP contribution in [0.4, 0.5) is 0 Å². The molecule has 3 N–H and O–H groups in total. The van der Waals surface area contributed by atoms with Crippen LogP contribution >= 0.6 is 46.9 Å². The average Bonchev–Trinajstić information content (AvgIpc) is 2.91. The van der Waals surface area contributed by atoms with Gasteiger partial charge in [-0.15, -0.1) is 35.3 Å². The van der Waals surface area contributed by atoms with Crippen LogP contribution in [0, 0.1) is 0 Å². The SMILES string of the molecule is CCNC(=NCCNS(=O)(=O)c1ccc(Cl)s1)NC(C)CC.I. The van der Waals surface area contributed by atoms with Crippen molar-refractivity contribution >= 4 is 62.9 Å². The summed E-state index contributed by atoms with van der Waals surface area (Å²) in [6.45, 7) is 7.47. The number of rotatable bonds is 8. The lowest BCUT2D eigenvalue weighted by Crippen LogP contribution is -2.42. The maximum absolute atomic E-state index is 12.0. The van der Waals surface area contributed by atoms with Crippen molar-refractivity contribution < 1.29 is 8.42 Å². The molecular formula is C13H24ClIN4O2S2. The molecule has 0 fully saturated rings. The lowest BCUT2D eigenvalue weighted by Gasteiger charge is -2.16. The van der Waals surface area contributed by atoms with Crippen molar-refractivity contribution in [1.29, 1.82) is 0 Å². The highest BCUT2D eigenvalue weighted by Gasteiger charge is 2.15. The fourth-order valence-corrected chi connectivity index (χ4v) is 4.06. The monoisotopic (exact) mass is 494 g/mol. The van der Waals surface area contributed by atoms with Gasteiger partial charge in [0.15, 0.2) is 5.96 Å². The minimum atomic E-state index is -3.50. The van der Waals surface area contributed by atoms with Gasteiger partial charge in [-0.1, -0.05) is 18.5 Å². The first-order chi connectivity index (χ1) is 10.4. The lowest BCUT2D eigenvalue weighted by molar-refractivity contribution is 0.583. The van der Waals surface area contributed by atoms with Gasteiger partial charge in [-0.3, -0.25) is 4.99 Å². The maximum atomic E-state index is 12.0. The highest BCUT2D eigenvalue weighted by atomic mass is 127. The lowest BCUT2D eigenvalue weighted by atomic mass is 10.3. The molecule has 0 radical (unpaired) electrons. The topological polar surface area (TPSA) is 82.6 Å². The number of guanidine groups is 1. The summed E-state index contributed by atoms with van der Waals surface area (Å²) >= 11 is 6.79. The minimum absolute atomic E-state index is 0. The van der Waals surface area contributed by atoms with Crippen LogP contribution in [-0.2, 0) is 10.0 Å². The average molecular weight is 495 g/mol. The molecule has 1 heterocycles. The summed E-state index contributed by atoms with van der Waals surface area (Å²) in [5, 5.41) is 6.37. The van der Waals surface area contributed by atoms with E-state index in [1.165, 1.54) is 6.07 Å². The van der Waals surface area contributed by atoms with Crippen LogP contribution < -0.4 is 15.4 Å². The number of nitrogens with zero attached hydrogens (tertiary/aromatic N) is 1. The molecule has 10 heteroatoms. The predicted molar refractivity (Wildman–Crippen MR) is 109 cm³/mol. The van der Waals surface area contributed by atoms with Gasteiger partial charge in [-0.2, -0.15) is 0 Å². The fraction of sp³-hybridized carbons (Fsp3) is 0.615. The second-order valence-corrected chi connectivity index (χ2v) is 8.38. The summed E-state index contributed by atoms with van der Waals surface area (Å²) in [5.41, 5.74) is 0. The van der Waals surface area contributed by atoms with Crippen molar-refractivity contribution in [3.8, 4) is 0 Å². The van der Waals surface area contributed by atoms with Gasteiger partial charge in [0.05, 0.1) is 10.9 Å². The van der Waals surface area contributed by atoms with E-state index >= 15 is 0 Å². The molecule has 1 aromatic rings. The number of hydrogen-bond acceptors (Lipinski definition) is 4. The van der Waals surface area contributed by atoms with E-state index in [9.17, 15) is 8.42 Å². The largest absolute Gasteiger partial charge is 0.357 e. The minimum Gasteiger partial charge on any atom is -0.357 e. The zero-order valence-electron chi connectivity index (χ0n) is 13.4. The summed E-state index contributed by atoms with van der Waals surface area (Å²) in [6.07, 6.45) is 0.982. The van der Waals surface area contributed by atoms with Crippen molar-refractivity contribution in [2.45, 2.75) is 37.4 Å². The van der Waals surface area contributed by atoms with E-state index < -0.39 is 10.0 Å². The molecule has 1 atom stereocenters. The summed E-state index contributed by atoms with van der Waals surface area (Å²) in [4.78, 5) is 4.35. The van der Waals surface area contributed by atoms with E-state index in [4.69, 9.17) is 11.6 Å². The highest BCUT2D eigenvalue weighted by Crippen LogP contribution is 2.25. The van der Waals surface area contributed by atoms with Crippen LogP contribution in [-0.4, -0.2) is 40.1 Å². The molecule has 1 unspecified atom stereocenters. The van der Waals surface area contributed by atoms with Gasteiger partial charge in [-0.05, 0) is 32.4 Å². The first kappa shape index (κ1) is 22.9. The number of hydrogen-bond donors (Lipinski definition) is 3. The summed E-state index contributed by atoms with van der Waals surface area (Å²) in [7, 11) is -3.50. The molecule has 0 amide bonds. The van der Waals surface area contributed by atoms with Gasteiger partial charge in [0.1, 0.15) is 4.21 Å². The smallest absolute Gasteiger partial charge is 0.250 e. The third kappa shape index (κ3) is 8.52. The Balaban J connectivity index is 0.00000484. The maximum Gasteiger partial charge on any atom is 0.250 e. The van der Waals surface area contributed by atoms with Crippen molar-refractivity contribution in [2.75, 3.05) is 19.6 Å². The van der Waals surface area contributed by atoms with Gasteiger partial charge < -0.3 is 10.6 Å². The Morgan fingerprint density at radius 3 is 2.61 bits per heavy atom. The molecule has 6 nitrogen and oxygen atoms in total. The second kappa shape index (κ2) is 11.5. The van der Waals surface area contributed by atoms with E-state index in [1.54, 1.807) is 6.07 Å². The Kier molecular flexibility index (Phi) is 11.4. The standard InChI is InChI=1S/C13H23ClN4O2S2.HI/c1-4-10(3)18-13(15-5-2)16-8-9-17-22(19,20)12-7-6-11(14)21-12;/h6-7,10,17H,4-5,8-9H2,1-3H3,(H2,15,16,18);1H. The number of sulfonamides is 1. The molecule has 1 rings (SSSR count). The van der Waals surface area contributed by atoms with Crippen molar-refractivity contribution in [2.24, 2.45) is 4.99 Å². The van der Waals surface area contributed by atoms with E-state index in [0.29, 0.717) is 22.9 Å². The molecule has 1 aromatic heterocycles. The van der Waals surface area contributed by atoms with Gasteiger partial charge in [0.2, 0.25) is 10.0 Å². The normalized spacial score (nSPS) is 13.3. The summed E-state index contributed by atoms with van der Waals surface area (Å²) in [5.74, 6) is 0.690. The van der Waals surface area contributed by atoms with Crippen LogP contribution in [0.1, 0.15) is 27.2 Å². The van der Waals surface area contributed by atoms with Crippen molar-refractivity contribution in [3.05, 3.63) is 16.5 Å². The van der Waals surface area contributed by atoms with Crippen LogP contribution in [0.25, 0.3) is 0 Å². The molecule has 0 aliphatic carbocycles. The van der Waals surface area contributed by atoms with Crippen LogP contribution in [0.5, 0.6) is 0 Å². The third-order valence-electron chi connectivity index (χ3n) is 2.83. The van der Waals surface area contributed by atoms with Gasteiger partial charge in [-0.25, -0.2) is 13.1 Å². The second-order valence-electron chi connectivity index (χ2n) is 4.67. The van der Waals surface area contributed by atoms with Gasteiger partial charge >= 0.3 is 0 Å². The van der Waals surface area contributed by atoms with Crippen LogP contribution in [0.15, 0.2) is 21.3 Å².